The first-order valence-electron chi connectivity index (χ1n) is 8.16. The molecule has 0 spiro atoms. The van der Waals surface area contributed by atoms with Crippen molar-refractivity contribution in [3.63, 3.8) is 0 Å². The fourth-order valence-electron chi connectivity index (χ4n) is 2.64. The molecule has 0 aliphatic carbocycles. The minimum absolute atomic E-state index is 0.0986. The van der Waals surface area contributed by atoms with Gasteiger partial charge in [0, 0.05) is 18.3 Å². The molecule has 0 saturated heterocycles. The first-order valence-corrected chi connectivity index (χ1v) is 8.16. The summed E-state index contributed by atoms with van der Waals surface area (Å²) in [5, 5.41) is 22.7. The Hall–Kier alpha value is -4.07. The molecule has 0 fully saturated rings. The lowest BCUT2D eigenvalue weighted by Crippen LogP contribution is -1.98. The van der Waals surface area contributed by atoms with Gasteiger partial charge in [0.25, 0.3) is 5.69 Å². The maximum absolute atomic E-state index is 13.9. The number of fused-ring (bicyclic) bond motifs is 1. The van der Waals surface area contributed by atoms with Crippen LogP contribution in [0.25, 0.3) is 22.6 Å². The van der Waals surface area contributed by atoms with Crippen LogP contribution in [0, 0.1) is 15.9 Å². The molecule has 0 N–H and O–H groups in total. The summed E-state index contributed by atoms with van der Waals surface area (Å²) in [4.78, 5) is 18.7. The first-order chi connectivity index (χ1) is 13.5. The maximum Gasteiger partial charge on any atom is 0.270 e. The van der Waals surface area contributed by atoms with E-state index in [4.69, 9.17) is 4.42 Å². The van der Waals surface area contributed by atoms with E-state index >= 15 is 0 Å². The number of oxazole rings is 1. The molecule has 7 nitrogen and oxygen atoms in total. The van der Waals surface area contributed by atoms with Crippen molar-refractivity contribution in [2.24, 2.45) is 4.99 Å². The van der Waals surface area contributed by atoms with Crippen LogP contribution in [-0.4, -0.2) is 16.1 Å². The third kappa shape index (κ3) is 3.30. The number of non-ortho nitro benzene ring substituents is 1. The third-order valence-corrected chi connectivity index (χ3v) is 4.03. The summed E-state index contributed by atoms with van der Waals surface area (Å²) >= 11 is 0. The van der Waals surface area contributed by atoms with Crippen molar-refractivity contribution in [2.75, 3.05) is 0 Å². The number of hydrogen-bond donors (Lipinski definition) is 0. The molecule has 0 aliphatic rings. The van der Waals surface area contributed by atoms with Gasteiger partial charge < -0.3 is 9.52 Å². The summed E-state index contributed by atoms with van der Waals surface area (Å²) in [6.45, 7) is 0. The lowest BCUT2D eigenvalue weighted by atomic mass is 10.2. The van der Waals surface area contributed by atoms with Gasteiger partial charge in [-0.2, -0.15) is 0 Å². The highest BCUT2D eigenvalue weighted by Gasteiger charge is 2.12. The van der Waals surface area contributed by atoms with E-state index in [1.165, 1.54) is 12.3 Å². The minimum atomic E-state index is -0.581. The highest BCUT2D eigenvalue weighted by molar-refractivity contribution is 5.87. The van der Waals surface area contributed by atoms with Crippen LogP contribution >= 0.6 is 0 Å². The molecule has 4 aromatic rings. The van der Waals surface area contributed by atoms with Crippen molar-refractivity contribution in [2.45, 2.75) is 0 Å². The van der Waals surface area contributed by atoms with E-state index in [0.717, 1.165) is 18.2 Å². The SMILES string of the molecule is O=[N+]([O-])c1ccc([O-])c(C=Nc2ccc3oc(-c4ccccc4F)nc3c2)c1. The van der Waals surface area contributed by atoms with Crippen LogP contribution in [0.5, 0.6) is 5.75 Å². The first kappa shape index (κ1) is 17.3. The van der Waals surface area contributed by atoms with Crippen molar-refractivity contribution in [3.05, 3.63) is 82.2 Å². The average molecular weight is 376 g/mol. The fraction of sp³-hybridized carbons (Fsp3) is 0. The van der Waals surface area contributed by atoms with E-state index < -0.39 is 10.7 Å². The summed E-state index contributed by atoms with van der Waals surface area (Å²) in [6, 6.07) is 14.5. The maximum atomic E-state index is 13.9. The molecule has 28 heavy (non-hydrogen) atoms. The van der Waals surface area contributed by atoms with Crippen LogP contribution < -0.4 is 5.11 Å². The number of aliphatic imine (C=N–C) groups is 1. The fourth-order valence-corrected chi connectivity index (χ4v) is 2.64. The van der Waals surface area contributed by atoms with E-state index in [-0.39, 0.29) is 28.5 Å². The van der Waals surface area contributed by atoms with Gasteiger partial charge in [0.05, 0.1) is 16.2 Å². The summed E-state index contributed by atoms with van der Waals surface area (Å²) in [6.07, 6.45) is 1.26. The Morgan fingerprint density at radius 1 is 1.11 bits per heavy atom. The Balaban J connectivity index is 1.67. The van der Waals surface area contributed by atoms with Crippen LogP contribution in [0.1, 0.15) is 5.56 Å². The highest BCUT2D eigenvalue weighted by Crippen LogP contribution is 2.28. The van der Waals surface area contributed by atoms with Gasteiger partial charge in [-0.15, -0.1) is 0 Å². The molecular formula is C20H11FN3O4-. The Morgan fingerprint density at radius 3 is 2.71 bits per heavy atom. The summed E-state index contributed by atoms with van der Waals surface area (Å²) in [5.74, 6) is -0.672. The van der Waals surface area contributed by atoms with Crippen molar-refractivity contribution < 1.29 is 18.8 Å². The quantitative estimate of drug-likeness (QED) is 0.299. The van der Waals surface area contributed by atoms with Crippen LogP contribution in [-0.2, 0) is 0 Å². The zero-order valence-corrected chi connectivity index (χ0v) is 14.2. The number of rotatable bonds is 4. The molecule has 0 aliphatic heterocycles. The lowest BCUT2D eigenvalue weighted by molar-refractivity contribution is -0.385. The molecule has 3 aromatic carbocycles. The molecule has 1 aromatic heterocycles. The van der Waals surface area contributed by atoms with E-state index in [0.29, 0.717) is 16.8 Å². The number of halogens is 1. The topological polar surface area (TPSA) is 105 Å². The number of nitro groups is 1. The van der Waals surface area contributed by atoms with Crippen molar-refractivity contribution >= 4 is 28.7 Å². The van der Waals surface area contributed by atoms with Crippen molar-refractivity contribution in [1.29, 1.82) is 0 Å². The van der Waals surface area contributed by atoms with Crippen molar-refractivity contribution in [1.82, 2.24) is 4.98 Å². The van der Waals surface area contributed by atoms with E-state index in [2.05, 4.69) is 9.98 Å². The van der Waals surface area contributed by atoms with Crippen LogP contribution in [0.2, 0.25) is 0 Å². The summed E-state index contributed by atoms with van der Waals surface area (Å²) in [7, 11) is 0. The number of aromatic nitrogens is 1. The standard InChI is InChI=1S/C20H12FN3O4/c21-16-4-2-1-3-15(16)20-23-17-10-13(5-8-19(17)28-20)22-11-12-9-14(24(26)27)6-7-18(12)25/h1-11,25H/p-1. The summed E-state index contributed by atoms with van der Waals surface area (Å²) in [5.41, 5.74) is 1.54. The van der Waals surface area contributed by atoms with Crippen LogP contribution in [0.4, 0.5) is 15.8 Å². The van der Waals surface area contributed by atoms with Crippen molar-refractivity contribution in [3.8, 4) is 17.2 Å². The third-order valence-electron chi connectivity index (χ3n) is 4.03. The monoisotopic (exact) mass is 376 g/mol. The zero-order chi connectivity index (χ0) is 19.7. The molecule has 4 rings (SSSR count). The normalized spacial score (nSPS) is 11.3. The van der Waals surface area contributed by atoms with Gasteiger partial charge in [-0.05, 0) is 35.9 Å². The van der Waals surface area contributed by atoms with Gasteiger partial charge in [-0.1, -0.05) is 23.9 Å². The predicted molar refractivity (Wildman–Crippen MR) is 99.2 cm³/mol. The molecule has 8 heteroatoms. The second kappa shape index (κ2) is 6.92. The predicted octanol–water partition coefficient (Wildman–Crippen LogP) is 4.37. The zero-order valence-electron chi connectivity index (χ0n) is 14.2. The molecule has 1 heterocycles. The van der Waals surface area contributed by atoms with Crippen LogP contribution in [0.15, 0.2) is 70.1 Å². The van der Waals surface area contributed by atoms with Crippen LogP contribution in [0.3, 0.4) is 0 Å². The Bertz CT molecular complexity index is 1230. The Morgan fingerprint density at radius 2 is 1.93 bits per heavy atom. The number of nitrogens with zero attached hydrogens (tertiary/aromatic N) is 3. The van der Waals surface area contributed by atoms with Gasteiger partial charge >= 0.3 is 0 Å². The Labute approximate surface area is 157 Å². The second-order valence-corrected chi connectivity index (χ2v) is 5.89. The molecule has 0 bridgehead atoms. The molecule has 0 unspecified atom stereocenters. The van der Waals surface area contributed by atoms with E-state index in [1.54, 1.807) is 36.4 Å². The van der Waals surface area contributed by atoms with Gasteiger partial charge in [0.15, 0.2) is 5.58 Å². The van der Waals surface area contributed by atoms with E-state index in [9.17, 15) is 19.6 Å². The van der Waals surface area contributed by atoms with Gasteiger partial charge in [-0.25, -0.2) is 9.37 Å². The van der Waals surface area contributed by atoms with Gasteiger partial charge in [0.1, 0.15) is 11.3 Å². The number of benzene rings is 3. The second-order valence-electron chi connectivity index (χ2n) is 5.89. The smallest absolute Gasteiger partial charge is 0.270 e. The molecular weight excluding hydrogens is 365 g/mol. The van der Waals surface area contributed by atoms with E-state index in [1.807, 2.05) is 0 Å². The number of nitro benzene ring substituents is 1. The summed E-state index contributed by atoms with van der Waals surface area (Å²) < 4.78 is 19.5. The van der Waals surface area contributed by atoms with Gasteiger partial charge in [-0.3, -0.25) is 15.1 Å². The molecule has 0 saturated carbocycles. The van der Waals surface area contributed by atoms with Gasteiger partial charge in [0.2, 0.25) is 5.89 Å². The largest absolute Gasteiger partial charge is 0.872 e. The number of hydrogen-bond acceptors (Lipinski definition) is 6. The molecule has 0 atom stereocenters. The average Bonchev–Trinajstić information content (AvgIpc) is 3.10. The highest BCUT2D eigenvalue weighted by atomic mass is 19.1. The molecule has 0 radical (unpaired) electrons. The molecule has 0 amide bonds. The lowest BCUT2D eigenvalue weighted by Gasteiger charge is -2.08. The minimum Gasteiger partial charge on any atom is -0.872 e. The molecule has 138 valence electrons. The Kier molecular flexibility index (Phi) is 4.29.